The van der Waals surface area contributed by atoms with Gasteiger partial charge in [-0.1, -0.05) is 18.2 Å². The van der Waals surface area contributed by atoms with E-state index in [1.807, 2.05) is 31.4 Å². The fourth-order valence-corrected chi connectivity index (χ4v) is 2.74. The molecular weight excluding hydrogens is 436 g/mol. The molecule has 0 fully saturated rings. The van der Waals surface area contributed by atoms with Crippen LogP contribution >= 0.6 is 0 Å². The second kappa shape index (κ2) is 11.2. The second-order valence-corrected chi connectivity index (χ2v) is 7.74. The number of nitrogens with one attached hydrogen (secondary N) is 2. The topological polar surface area (TPSA) is 144 Å². The Kier molecular flexibility index (Phi) is 8.64. The lowest BCUT2D eigenvalue weighted by molar-refractivity contribution is -0.644. The minimum atomic E-state index is -4.41. The molecule has 0 aliphatic carbocycles. The van der Waals surface area contributed by atoms with Crippen LogP contribution < -0.4 is 15.3 Å². The Morgan fingerprint density at radius 2 is 1.94 bits per heavy atom. The van der Waals surface area contributed by atoms with Gasteiger partial charge in [0.2, 0.25) is 21.8 Å². The van der Waals surface area contributed by atoms with Crippen molar-refractivity contribution in [2.24, 2.45) is 12.1 Å². The van der Waals surface area contributed by atoms with Crippen LogP contribution in [0.25, 0.3) is 10.9 Å². The molecule has 32 heavy (non-hydrogen) atoms. The van der Waals surface area contributed by atoms with Crippen molar-refractivity contribution in [3.63, 3.8) is 0 Å². The molecule has 1 amide bonds. The number of rotatable bonds is 6. The minimum absolute atomic E-state index is 0.108. The SMILES string of the molecule is CC(=O)Nc1ccc(CN/N=C\c2cc[n+](C)c3ccccc23)c(O)c1.COS(=O)(=O)[O-]. The Balaban J connectivity index is 0.000000534. The third kappa shape index (κ3) is 7.61. The van der Waals surface area contributed by atoms with Crippen LogP contribution in [0.5, 0.6) is 5.75 Å². The van der Waals surface area contributed by atoms with E-state index in [9.17, 15) is 22.9 Å². The van der Waals surface area contributed by atoms with Crippen molar-refractivity contribution in [3.8, 4) is 5.75 Å². The van der Waals surface area contributed by atoms with Gasteiger partial charge in [0.05, 0.1) is 25.3 Å². The molecular formula is C21H24N4O6S. The molecule has 0 aliphatic rings. The van der Waals surface area contributed by atoms with Crippen LogP contribution in [-0.4, -0.2) is 37.3 Å². The van der Waals surface area contributed by atoms with E-state index in [2.05, 4.69) is 36.7 Å². The molecule has 1 heterocycles. The number of nitrogens with zero attached hydrogens (tertiary/aromatic N) is 2. The predicted molar refractivity (Wildman–Crippen MR) is 119 cm³/mol. The van der Waals surface area contributed by atoms with Gasteiger partial charge in [-0.15, -0.1) is 0 Å². The Morgan fingerprint density at radius 3 is 2.56 bits per heavy atom. The largest absolute Gasteiger partial charge is 0.726 e. The summed E-state index contributed by atoms with van der Waals surface area (Å²) in [7, 11) is -1.60. The number of hydrazone groups is 1. The van der Waals surface area contributed by atoms with Crippen LogP contribution in [0.1, 0.15) is 18.1 Å². The smallest absolute Gasteiger partial charge is 0.221 e. The molecule has 0 radical (unpaired) electrons. The lowest BCUT2D eigenvalue weighted by Crippen LogP contribution is -2.28. The molecule has 0 saturated heterocycles. The number of hydrogen-bond donors (Lipinski definition) is 3. The highest BCUT2D eigenvalue weighted by molar-refractivity contribution is 7.80. The van der Waals surface area contributed by atoms with E-state index in [0.717, 1.165) is 23.6 Å². The summed E-state index contributed by atoms with van der Waals surface area (Å²) in [6.07, 6.45) is 3.77. The molecule has 170 valence electrons. The summed E-state index contributed by atoms with van der Waals surface area (Å²) in [4.78, 5) is 11.0. The van der Waals surface area contributed by atoms with Gasteiger partial charge in [0.1, 0.15) is 12.8 Å². The van der Waals surface area contributed by atoms with Crippen LogP contribution in [0, 0.1) is 0 Å². The summed E-state index contributed by atoms with van der Waals surface area (Å²) < 4.78 is 33.1. The fraction of sp³-hybridized carbons (Fsp3) is 0.190. The lowest BCUT2D eigenvalue weighted by Gasteiger charge is -2.07. The summed E-state index contributed by atoms with van der Waals surface area (Å²) in [5.74, 6) is -0.0699. The van der Waals surface area contributed by atoms with Gasteiger partial charge < -0.3 is 20.4 Å². The van der Waals surface area contributed by atoms with Gasteiger partial charge >= 0.3 is 0 Å². The van der Waals surface area contributed by atoms with E-state index in [-0.39, 0.29) is 11.7 Å². The van der Waals surface area contributed by atoms with Gasteiger partial charge in [0.25, 0.3) is 0 Å². The lowest BCUT2D eigenvalue weighted by atomic mass is 10.1. The number of aryl methyl sites for hydroxylation is 1. The number of benzene rings is 2. The van der Waals surface area contributed by atoms with Crippen molar-refractivity contribution >= 4 is 39.1 Å². The third-order valence-electron chi connectivity index (χ3n) is 4.25. The zero-order valence-electron chi connectivity index (χ0n) is 17.8. The number of amides is 1. The number of carbonyl (C=O) groups excluding carboxylic acids is 1. The molecule has 0 aliphatic heterocycles. The van der Waals surface area contributed by atoms with Gasteiger partial charge in [0.15, 0.2) is 6.20 Å². The molecule has 11 heteroatoms. The zero-order valence-corrected chi connectivity index (χ0v) is 18.6. The van der Waals surface area contributed by atoms with Crippen molar-refractivity contribution in [3.05, 3.63) is 65.9 Å². The van der Waals surface area contributed by atoms with E-state index in [4.69, 9.17) is 0 Å². The molecule has 2 aromatic carbocycles. The van der Waals surface area contributed by atoms with E-state index >= 15 is 0 Å². The predicted octanol–water partition coefficient (Wildman–Crippen LogP) is 1.54. The van der Waals surface area contributed by atoms with Crippen molar-refractivity contribution in [2.75, 3.05) is 12.4 Å². The first-order valence-corrected chi connectivity index (χ1v) is 10.7. The van der Waals surface area contributed by atoms with Crippen LogP contribution in [0.3, 0.4) is 0 Å². The number of aromatic nitrogens is 1. The van der Waals surface area contributed by atoms with Crippen molar-refractivity contribution < 1.29 is 31.6 Å². The number of phenols is 1. The Bertz CT molecular complexity index is 1230. The molecule has 0 unspecified atom stereocenters. The van der Waals surface area contributed by atoms with Crippen molar-refractivity contribution in [1.29, 1.82) is 0 Å². The molecule has 0 atom stereocenters. The Labute approximate surface area is 186 Å². The highest BCUT2D eigenvalue weighted by atomic mass is 32.3. The normalized spacial score (nSPS) is 11.1. The first-order chi connectivity index (χ1) is 15.1. The second-order valence-electron chi connectivity index (χ2n) is 6.59. The minimum Gasteiger partial charge on any atom is -0.726 e. The highest BCUT2D eigenvalue weighted by Crippen LogP contribution is 2.22. The highest BCUT2D eigenvalue weighted by Gasteiger charge is 2.07. The zero-order chi connectivity index (χ0) is 23.7. The number of para-hydroxylation sites is 1. The summed E-state index contributed by atoms with van der Waals surface area (Å²) in [5.41, 5.74) is 6.34. The molecule has 3 aromatic rings. The number of aromatic hydroxyl groups is 1. The summed E-state index contributed by atoms with van der Waals surface area (Å²) in [6, 6.07) is 15.2. The first-order valence-electron chi connectivity index (χ1n) is 9.35. The van der Waals surface area contributed by atoms with Gasteiger partial charge in [-0.2, -0.15) is 5.10 Å². The van der Waals surface area contributed by atoms with Gasteiger partial charge in [-0.25, -0.2) is 13.0 Å². The number of pyridine rings is 1. The number of fused-ring (bicyclic) bond motifs is 1. The quantitative estimate of drug-likeness (QED) is 0.166. The van der Waals surface area contributed by atoms with Gasteiger partial charge in [-0.3, -0.25) is 8.98 Å². The third-order valence-corrected chi connectivity index (χ3v) is 4.66. The van der Waals surface area contributed by atoms with Crippen LogP contribution in [0.2, 0.25) is 0 Å². The fourth-order valence-electron chi connectivity index (χ4n) is 2.74. The average Bonchev–Trinajstić information content (AvgIpc) is 2.73. The number of hydrogen-bond acceptors (Lipinski definition) is 8. The summed E-state index contributed by atoms with van der Waals surface area (Å²) in [6.45, 7) is 1.80. The number of phenolic OH excluding ortho intramolecular Hbond substituents is 1. The Hall–Kier alpha value is -3.54. The van der Waals surface area contributed by atoms with E-state index in [0.29, 0.717) is 17.8 Å². The summed E-state index contributed by atoms with van der Waals surface area (Å²) >= 11 is 0. The van der Waals surface area contributed by atoms with Crippen molar-refractivity contribution in [2.45, 2.75) is 13.5 Å². The molecule has 1 aromatic heterocycles. The number of anilines is 1. The maximum atomic E-state index is 11.0. The molecule has 0 saturated carbocycles. The molecule has 10 nitrogen and oxygen atoms in total. The van der Waals surface area contributed by atoms with Gasteiger partial charge in [0, 0.05) is 41.9 Å². The summed E-state index contributed by atoms with van der Waals surface area (Å²) in [5, 5.41) is 18.1. The monoisotopic (exact) mass is 460 g/mol. The maximum absolute atomic E-state index is 11.0. The molecule has 0 bridgehead atoms. The average molecular weight is 461 g/mol. The van der Waals surface area contributed by atoms with E-state index in [1.165, 1.54) is 13.0 Å². The first kappa shape index (κ1) is 24.7. The Morgan fingerprint density at radius 1 is 1.25 bits per heavy atom. The van der Waals surface area contributed by atoms with E-state index in [1.54, 1.807) is 18.3 Å². The van der Waals surface area contributed by atoms with Crippen LogP contribution in [0.4, 0.5) is 5.69 Å². The molecule has 3 rings (SSSR count). The van der Waals surface area contributed by atoms with E-state index < -0.39 is 10.4 Å². The maximum Gasteiger partial charge on any atom is 0.221 e. The standard InChI is InChI=1S/C20H20N4O2.CH4O4S/c1-14(25)23-17-8-7-16(20(26)11-17)13-22-21-12-15-9-10-24(2)19-6-4-3-5-18(15)19;1-5-6(2,3)4/h3-12H,13H2,1-2H3,(H2,23,25,26);1H3,(H,2,3,4). The number of carbonyl (C=O) groups is 1. The molecule has 3 N–H and O–H groups in total. The van der Waals surface area contributed by atoms with Crippen LogP contribution in [0.15, 0.2) is 59.8 Å². The van der Waals surface area contributed by atoms with Gasteiger partial charge in [-0.05, 0) is 12.1 Å². The van der Waals surface area contributed by atoms with Crippen molar-refractivity contribution in [1.82, 2.24) is 5.43 Å². The van der Waals surface area contributed by atoms with Crippen LogP contribution in [-0.2, 0) is 33.0 Å². The molecule has 0 spiro atoms.